The Labute approximate surface area is 375 Å². The van der Waals surface area contributed by atoms with Crippen LogP contribution >= 0.6 is 0 Å². The fraction of sp³-hybridized carbons (Fsp3) is 0. The van der Waals surface area contributed by atoms with Gasteiger partial charge in [0.05, 0.1) is 33.8 Å². The highest BCUT2D eigenvalue weighted by Gasteiger charge is 2.23. The molecule has 0 fully saturated rings. The second-order valence-corrected chi connectivity index (χ2v) is 16.1. The molecule has 304 valence electrons. The van der Waals surface area contributed by atoms with Gasteiger partial charge in [-0.15, -0.1) is 0 Å². The molecule has 0 amide bonds. The first-order chi connectivity index (χ1) is 32.2. The number of aromatic nitrogens is 6. The fourth-order valence-corrected chi connectivity index (χ4v) is 8.92. The highest BCUT2D eigenvalue weighted by Crippen LogP contribution is 2.41. The van der Waals surface area contributed by atoms with Gasteiger partial charge < -0.3 is 0 Å². The molecule has 9 aromatic carbocycles. The predicted octanol–water partition coefficient (Wildman–Crippen LogP) is 14.6. The minimum atomic E-state index is 0.642. The molecule has 65 heavy (non-hydrogen) atoms. The molecule has 3 aromatic heterocycles. The molecule has 0 aliphatic carbocycles. The van der Waals surface area contributed by atoms with Gasteiger partial charge in [-0.3, -0.25) is 4.57 Å². The van der Waals surface area contributed by atoms with E-state index in [1.165, 1.54) is 10.8 Å². The lowest BCUT2D eigenvalue weighted by molar-refractivity contribution is 1.11. The summed E-state index contributed by atoms with van der Waals surface area (Å²) in [6.45, 7) is 0. The number of nitrogens with zero attached hydrogens (tertiary/aromatic N) is 6. The Hall–Kier alpha value is -8.87. The van der Waals surface area contributed by atoms with Gasteiger partial charge in [0, 0.05) is 55.4 Å². The Kier molecular flexibility index (Phi) is 9.38. The van der Waals surface area contributed by atoms with E-state index >= 15 is 0 Å². The van der Waals surface area contributed by atoms with Crippen LogP contribution in [-0.2, 0) is 0 Å². The van der Waals surface area contributed by atoms with Crippen molar-refractivity contribution in [3.63, 3.8) is 0 Å². The first-order valence-electron chi connectivity index (χ1n) is 21.8. The van der Waals surface area contributed by atoms with Crippen molar-refractivity contribution >= 4 is 32.6 Å². The Balaban J connectivity index is 1.19. The zero-order chi connectivity index (χ0) is 43.1. The molecule has 0 N–H and O–H groups in total. The van der Waals surface area contributed by atoms with Crippen molar-refractivity contribution in [1.82, 2.24) is 29.5 Å². The summed E-state index contributed by atoms with van der Waals surface area (Å²) in [6, 6.07) is 79.6. The second kappa shape index (κ2) is 16.1. The predicted molar refractivity (Wildman–Crippen MR) is 265 cm³/mol. The first-order valence-corrected chi connectivity index (χ1v) is 21.8. The zero-order valence-corrected chi connectivity index (χ0v) is 35.1. The topological polar surface area (TPSA) is 69.4 Å². The Morgan fingerprint density at radius 1 is 0.262 bits per heavy atom. The van der Waals surface area contributed by atoms with Gasteiger partial charge in [-0.05, 0) is 53.2 Å². The maximum absolute atomic E-state index is 5.67. The van der Waals surface area contributed by atoms with Crippen molar-refractivity contribution in [2.75, 3.05) is 0 Å². The maximum Gasteiger partial charge on any atom is 0.160 e. The van der Waals surface area contributed by atoms with Gasteiger partial charge in [-0.25, -0.2) is 24.9 Å². The van der Waals surface area contributed by atoms with Crippen molar-refractivity contribution in [1.29, 1.82) is 0 Å². The SMILES string of the molecule is c1ccc(-c2cc(-c3cc(-c4cc(-c5ccccc5)nc(-c5ccccc5)n4)cc(-c4nc5c6ccccc6c6ccccc6c5n4-c4ccccc4)c3)nc(-c3ccccc3)n2)cc1. The summed E-state index contributed by atoms with van der Waals surface area (Å²) in [5.74, 6) is 2.09. The Morgan fingerprint density at radius 2 is 0.615 bits per heavy atom. The third-order valence-corrected chi connectivity index (χ3v) is 12.0. The van der Waals surface area contributed by atoms with Crippen LogP contribution in [0.5, 0.6) is 0 Å². The number of benzene rings is 9. The first kappa shape index (κ1) is 37.9. The number of hydrogen-bond acceptors (Lipinski definition) is 5. The molecule has 0 aliphatic heterocycles. The van der Waals surface area contributed by atoms with Gasteiger partial charge >= 0.3 is 0 Å². The van der Waals surface area contributed by atoms with Gasteiger partial charge in [0.2, 0.25) is 0 Å². The molecule has 0 radical (unpaired) electrons. The van der Waals surface area contributed by atoms with E-state index in [0.29, 0.717) is 11.6 Å². The van der Waals surface area contributed by atoms with Crippen molar-refractivity contribution in [3.05, 3.63) is 231 Å². The Morgan fingerprint density at radius 3 is 1.09 bits per heavy atom. The minimum Gasteiger partial charge on any atom is -0.292 e. The molecule has 0 unspecified atom stereocenters. The highest BCUT2D eigenvalue weighted by molar-refractivity contribution is 6.24. The van der Waals surface area contributed by atoms with Crippen LogP contribution in [0.3, 0.4) is 0 Å². The largest absolute Gasteiger partial charge is 0.292 e. The monoisotopic (exact) mass is 830 g/mol. The average molecular weight is 831 g/mol. The quantitative estimate of drug-likeness (QED) is 0.143. The third-order valence-electron chi connectivity index (χ3n) is 12.0. The van der Waals surface area contributed by atoms with E-state index in [1.54, 1.807) is 0 Å². The van der Waals surface area contributed by atoms with E-state index < -0.39 is 0 Å². The molecule has 0 saturated heterocycles. The smallest absolute Gasteiger partial charge is 0.160 e. The van der Waals surface area contributed by atoms with Gasteiger partial charge in [0.25, 0.3) is 0 Å². The van der Waals surface area contributed by atoms with Crippen LogP contribution < -0.4 is 0 Å². The molecule has 0 saturated carbocycles. The maximum atomic E-state index is 5.67. The highest BCUT2D eigenvalue weighted by atomic mass is 15.1. The van der Waals surface area contributed by atoms with E-state index in [4.69, 9.17) is 24.9 Å². The third kappa shape index (κ3) is 7.00. The summed E-state index contributed by atoms with van der Waals surface area (Å²) in [5.41, 5.74) is 12.8. The van der Waals surface area contributed by atoms with Crippen LogP contribution in [0.25, 0.3) is 117 Å². The Bertz CT molecular complexity index is 3420. The number of hydrogen-bond donors (Lipinski definition) is 0. The van der Waals surface area contributed by atoms with E-state index in [1.807, 2.05) is 72.8 Å². The normalized spacial score (nSPS) is 11.4. The summed E-state index contributed by atoms with van der Waals surface area (Å²) >= 11 is 0. The summed E-state index contributed by atoms with van der Waals surface area (Å²) in [6.07, 6.45) is 0. The van der Waals surface area contributed by atoms with Gasteiger partial charge in [-0.1, -0.05) is 188 Å². The number of fused-ring (bicyclic) bond motifs is 6. The zero-order valence-electron chi connectivity index (χ0n) is 35.1. The van der Waals surface area contributed by atoms with Crippen LogP contribution in [0.15, 0.2) is 231 Å². The average Bonchev–Trinajstić information content (AvgIpc) is 3.81. The molecule has 12 rings (SSSR count). The van der Waals surface area contributed by atoms with Crippen LogP contribution in [0.2, 0.25) is 0 Å². The minimum absolute atomic E-state index is 0.642. The molecule has 0 atom stereocenters. The summed E-state index contributed by atoms with van der Waals surface area (Å²) in [5, 5.41) is 4.58. The van der Waals surface area contributed by atoms with E-state index in [0.717, 1.165) is 95.0 Å². The molecule has 12 aromatic rings. The summed E-state index contributed by atoms with van der Waals surface area (Å²) in [7, 11) is 0. The standard InChI is InChI=1S/C59H38N6/c1-6-20-39(21-7-1)51-37-53(62-57(60-51)41-24-10-3-11-25-41)43-34-44(54-38-52(40-22-8-2-9-23-40)61-58(63-54)42-26-12-4-13-27-42)36-45(35-43)59-64-55-49-32-18-16-30-47(49)48-31-17-19-33-50(48)56(55)65(59)46-28-14-5-15-29-46/h1-38H. The molecule has 0 aliphatic rings. The van der Waals surface area contributed by atoms with Crippen molar-refractivity contribution in [2.24, 2.45) is 0 Å². The van der Waals surface area contributed by atoms with E-state index in [9.17, 15) is 0 Å². The van der Waals surface area contributed by atoms with E-state index in [-0.39, 0.29) is 0 Å². The molecule has 6 heteroatoms. The van der Waals surface area contributed by atoms with Gasteiger partial charge in [0.15, 0.2) is 11.6 Å². The number of para-hydroxylation sites is 1. The number of imidazole rings is 1. The van der Waals surface area contributed by atoms with Crippen molar-refractivity contribution in [3.8, 4) is 84.9 Å². The molecule has 0 spiro atoms. The lowest BCUT2D eigenvalue weighted by Gasteiger charge is -2.15. The van der Waals surface area contributed by atoms with E-state index in [2.05, 4.69) is 162 Å². The lowest BCUT2D eigenvalue weighted by Crippen LogP contribution is -2.00. The molecular weight excluding hydrogens is 793 g/mol. The molecule has 0 bridgehead atoms. The molecule has 3 heterocycles. The lowest BCUT2D eigenvalue weighted by atomic mass is 9.98. The van der Waals surface area contributed by atoms with Gasteiger partial charge in [-0.2, -0.15) is 0 Å². The molecule has 6 nitrogen and oxygen atoms in total. The second-order valence-electron chi connectivity index (χ2n) is 16.1. The van der Waals surface area contributed by atoms with Crippen LogP contribution in [0, 0.1) is 0 Å². The van der Waals surface area contributed by atoms with Crippen LogP contribution in [0.4, 0.5) is 0 Å². The van der Waals surface area contributed by atoms with Crippen LogP contribution in [0.1, 0.15) is 0 Å². The summed E-state index contributed by atoms with van der Waals surface area (Å²) in [4.78, 5) is 26.6. The van der Waals surface area contributed by atoms with Gasteiger partial charge in [0.1, 0.15) is 5.82 Å². The number of rotatable bonds is 8. The fourth-order valence-electron chi connectivity index (χ4n) is 8.92. The molecular formula is C59H38N6. The van der Waals surface area contributed by atoms with Crippen molar-refractivity contribution in [2.45, 2.75) is 0 Å². The van der Waals surface area contributed by atoms with Crippen LogP contribution in [-0.4, -0.2) is 29.5 Å². The summed E-state index contributed by atoms with van der Waals surface area (Å²) < 4.78 is 2.32. The van der Waals surface area contributed by atoms with Crippen molar-refractivity contribution < 1.29 is 0 Å².